The van der Waals surface area contributed by atoms with E-state index < -0.39 is 0 Å². The van der Waals surface area contributed by atoms with Crippen LogP contribution in [-0.4, -0.2) is 13.7 Å². The molecule has 0 aliphatic carbocycles. The van der Waals surface area contributed by atoms with Gasteiger partial charge in [-0.05, 0) is 44.4 Å². The Kier molecular flexibility index (Phi) is 3.85. The second-order valence-corrected chi connectivity index (χ2v) is 5.30. The van der Waals surface area contributed by atoms with Gasteiger partial charge < -0.3 is 10.1 Å². The lowest BCUT2D eigenvalue weighted by Crippen LogP contribution is -2.30. The molecule has 0 spiro atoms. The van der Waals surface area contributed by atoms with E-state index in [1.165, 1.54) is 30.4 Å². The molecular formula is C15H23NO. The summed E-state index contributed by atoms with van der Waals surface area (Å²) in [7, 11) is 1.78. The first-order chi connectivity index (χ1) is 8.15. The fraction of sp³-hybridized carbons (Fsp3) is 0.600. The van der Waals surface area contributed by atoms with Crippen LogP contribution in [0.2, 0.25) is 0 Å². The van der Waals surface area contributed by atoms with Crippen molar-refractivity contribution >= 4 is 0 Å². The molecule has 0 saturated carbocycles. The maximum Gasteiger partial charge on any atom is 0.0874 e. The predicted octanol–water partition coefficient (Wildman–Crippen LogP) is 3.38. The van der Waals surface area contributed by atoms with Crippen LogP contribution in [0.1, 0.15) is 50.3 Å². The molecule has 2 nitrogen and oxygen atoms in total. The summed E-state index contributed by atoms with van der Waals surface area (Å²) in [4.78, 5) is 0. The van der Waals surface area contributed by atoms with E-state index in [9.17, 15) is 0 Å². The van der Waals surface area contributed by atoms with Gasteiger partial charge in [0.2, 0.25) is 0 Å². The van der Waals surface area contributed by atoms with Gasteiger partial charge in [-0.2, -0.15) is 0 Å². The van der Waals surface area contributed by atoms with Gasteiger partial charge in [0.25, 0.3) is 0 Å². The fourth-order valence-corrected chi connectivity index (χ4v) is 2.58. The van der Waals surface area contributed by atoms with Crippen LogP contribution in [0, 0.1) is 0 Å². The molecule has 0 amide bonds. The van der Waals surface area contributed by atoms with Gasteiger partial charge in [-0.15, -0.1) is 0 Å². The zero-order chi connectivity index (χ0) is 12.3. The molecule has 1 saturated heterocycles. The third kappa shape index (κ3) is 2.70. The molecule has 1 aliphatic heterocycles. The second-order valence-electron chi connectivity index (χ2n) is 5.30. The first kappa shape index (κ1) is 12.6. The van der Waals surface area contributed by atoms with Crippen LogP contribution >= 0.6 is 0 Å². The smallest absolute Gasteiger partial charge is 0.0874 e. The molecule has 0 radical (unpaired) electrons. The van der Waals surface area contributed by atoms with Crippen LogP contribution in [0.5, 0.6) is 0 Å². The largest absolute Gasteiger partial charge is 0.374 e. The molecule has 1 aliphatic rings. The van der Waals surface area contributed by atoms with Gasteiger partial charge in [0.1, 0.15) is 0 Å². The number of hydrogen-bond donors (Lipinski definition) is 1. The molecule has 17 heavy (non-hydrogen) atoms. The van der Waals surface area contributed by atoms with Gasteiger partial charge in [-0.25, -0.2) is 0 Å². The van der Waals surface area contributed by atoms with Crippen molar-refractivity contribution in [3.05, 3.63) is 35.4 Å². The summed E-state index contributed by atoms with van der Waals surface area (Å²) in [6, 6.07) is 9.15. The summed E-state index contributed by atoms with van der Waals surface area (Å²) in [6.45, 7) is 5.40. The number of methoxy groups -OCH3 is 1. The lowest BCUT2D eigenvalue weighted by Gasteiger charge is -2.31. The number of nitrogens with one attached hydrogen (secondary N) is 1. The molecule has 1 atom stereocenters. The summed E-state index contributed by atoms with van der Waals surface area (Å²) in [5.41, 5.74) is 2.50. The van der Waals surface area contributed by atoms with Crippen molar-refractivity contribution < 1.29 is 4.74 Å². The normalized spacial score (nSPS) is 21.5. The van der Waals surface area contributed by atoms with E-state index in [1.807, 2.05) is 0 Å². The predicted molar refractivity (Wildman–Crippen MR) is 71.1 cm³/mol. The van der Waals surface area contributed by atoms with Crippen LogP contribution < -0.4 is 5.32 Å². The maximum atomic E-state index is 5.63. The maximum absolute atomic E-state index is 5.63. The number of rotatable bonds is 3. The van der Waals surface area contributed by atoms with Crippen molar-refractivity contribution in [3.63, 3.8) is 0 Å². The van der Waals surface area contributed by atoms with Crippen molar-refractivity contribution in [3.8, 4) is 0 Å². The monoisotopic (exact) mass is 233 g/mol. The summed E-state index contributed by atoms with van der Waals surface area (Å²) in [5.74, 6) is 0. The highest BCUT2D eigenvalue weighted by molar-refractivity contribution is 5.34. The van der Waals surface area contributed by atoms with Crippen molar-refractivity contribution in [1.29, 1.82) is 0 Å². The van der Waals surface area contributed by atoms with E-state index in [0.29, 0.717) is 6.04 Å². The number of ether oxygens (including phenoxy) is 1. The Bertz CT molecular complexity index is 367. The minimum absolute atomic E-state index is 0.213. The van der Waals surface area contributed by atoms with E-state index in [2.05, 4.69) is 43.4 Å². The van der Waals surface area contributed by atoms with Gasteiger partial charge in [0.15, 0.2) is 0 Å². The first-order valence-electron chi connectivity index (χ1n) is 6.53. The lowest BCUT2D eigenvalue weighted by atomic mass is 9.86. The highest BCUT2D eigenvalue weighted by Gasteiger charge is 2.26. The van der Waals surface area contributed by atoms with E-state index in [-0.39, 0.29) is 5.60 Å². The van der Waals surface area contributed by atoms with Crippen LogP contribution in [0.25, 0.3) is 0 Å². The average Bonchev–Trinajstić information content (AvgIpc) is 2.40. The van der Waals surface area contributed by atoms with Gasteiger partial charge in [0.05, 0.1) is 5.60 Å². The molecular weight excluding hydrogens is 210 g/mol. The van der Waals surface area contributed by atoms with E-state index in [1.54, 1.807) is 7.11 Å². The Labute approximate surface area is 104 Å². The molecule has 2 heteroatoms. The molecule has 1 aromatic rings. The lowest BCUT2D eigenvalue weighted by molar-refractivity contribution is 0.0179. The number of piperidine rings is 1. The minimum atomic E-state index is -0.213. The van der Waals surface area contributed by atoms with Crippen molar-refractivity contribution in [2.24, 2.45) is 0 Å². The van der Waals surface area contributed by atoms with Gasteiger partial charge in [-0.3, -0.25) is 0 Å². The molecule has 0 aromatic heterocycles. The summed E-state index contributed by atoms with van der Waals surface area (Å²) >= 11 is 0. The van der Waals surface area contributed by atoms with E-state index >= 15 is 0 Å². The Morgan fingerprint density at radius 3 is 2.65 bits per heavy atom. The standard InChI is InChI=1S/C15H23NO/c1-15(2,17-3)13-9-5-4-8-12(13)14-10-6-7-11-16-14/h4-5,8-9,14,16H,6-7,10-11H2,1-3H3. The zero-order valence-corrected chi connectivity index (χ0v) is 11.1. The van der Waals surface area contributed by atoms with Gasteiger partial charge >= 0.3 is 0 Å². The molecule has 1 N–H and O–H groups in total. The third-order valence-electron chi connectivity index (χ3n) is 3.81. The summed E-state index contributed by atoms with van der Waals surface area (Å²) in [5, 5.41) is 3.62. The Morgan fingerprint density at radius 1 is 1.24 bits per heavy atom. The first-order valence-corrected chi connectivity index (χ1v) is 6.53. The molecule has 1 heterocycles. The van der Waals surface area contributed by atoms with Crippen molar-refractivity contribution in [2.45, 2.75) is 44.8 Å². The third-order valence-corrected chi connectivity index (χ3v) is 3.81. The summed E-state index contributed by atoms with van der Waals surface area (Å²) in [6.07, 6.45) is 3.85. The summed E-state index contributed by atoms with van der Waals surface area (Å²) < 4.78 is 5.63. The molecule has 1 fully saturated rings. The number of benzene rings is 1. The van der Waals surface area contributed by atoms with Crippen LogP contribution in [-0.2, 0) is 10.3 Å². The number of hydrogen-bond acceptors (Lipinski definition) is 2. The van der Waals surface area contributed by atoms with Crippen molar-refractivity contribution in [1.82, 2.24) is 5.32 Å². The molecule has 1 aromatic carbocycles. The highest BCUT2D eigenvalue weighted by Crippen LogP contribution is 2.33. The van der Waals surface area contributed by atoms with Crippen LogP contribution in [0.3, 0.4) is 0 Å². The van der Waals surface area contributed by atoms with Gasteiger partial charge in [0, 0.05) is 13.2 Å². The molecule has 94 valence electrons. The second kappa shape index (κ2) is 5.19. The van der Waals surface area contributed by atoms with Gasteiger partial charge in [-0.1, -0.05) is 30.7 Å². The minimum Gasteiger partial charge on any atom is -0.374 e. The zero-order valence-electron chi connectivity index (χ0n) is 11.1. The Morgan fingerprint density at radius 2 is 2.00 bits per heavy atom. The van der Waals surface area contributed by atoms with E-state index in [0.717, 1.165) is 6.54 Å². The Hall–Kier alpha value is -0.860. The quantitative estimate of drug-likeness (QED) is 0.864. The highest BCUT2D eigenvalue weighted by atomic mass is 16.5. The molecule has 2 rings (SSSR count). The Balaban J connectivity index is 2.33. The molecule has 0 bridgehead atoms. The van der Waals surface area contributed by atoms with Crippen LogP contribution in [0.4, 0.5) is 0 Å². The van der Waals surface area contributed by atoms with E-state index in [4.69, 9.17) is 4.74 Å². The molecule has 1 unspecified atom stereocenters. The average molecular weight is 233 g/mol. The topological polar surface area (TPSA) is 21.3 Å². The van der Waals surface area contributed by atoms with Crippen LogP contribution in [0.15, 0.2) is 24.3 Å². The SMILES string of the molecule is COC(C)(C)c1ccccc1C1CCCCN1. The fourth-order valence-electron chi connectivity index (χ4n) is 2.58. The van der Waals surface area contributed by atoms with Crippen molar-refractivity contribution in [2.75, 3.05) is 13.7 Å².